The Labute approximate surface area is 132 Å². The summed E-state index contributed by atoms with van der Waals surface area (Å²) in [5, 5.41) is 4.25. The average molecular weight is 304 g/mol. The molecule has 2 aromatic carbocycles. The molecule has 0 aliphatic carbocycles. The molecule has 0 aliphatic rings. The number of hydrogen-bond acceptors (Lipinski definition) is 2. The Morgan fingerprint density at radius 1 is 1.05 bits per heavy atom. The van der Waals surface area contributed by atoms with Gasteiger partial charge in [0.05, 0.1) is 6.61 Å². The Bertz CT molecular complexity index is 539. The highest BCUT2D eigenvalue weighted by Crippen LogP contribution is 2.13. The van der Waals surface area contributed by atoms with Crippen molar-refractivity contribution in [2.75, 3.05) is 13.2 Å². The quantitative estimate of drug-likeness (QED) is 0.727. The summed E-state index contributed by atoms with van der Waals surface area (Å²) < 4.78 is 5.64. The molecule has 21 heavy (non-hydrogen) atoms. The van der Waals surface area contributed by atoms with Crippen molar-refractivity contribution in [2.45, 2.75) is 26.3 Å². The third kappa shape index (κ3) is 5.78. The molecule has 3 heteroatoms. The number of halogens is 1. The average Bonchev–Trinajstić information content (AvgIpc) is 2.52. The van der Waals surface area contributed by atoms with Crippen LogP contribution in [0.2, 0.25) is 5.02 Å². The van der Waals surface area contributed by atoms with Gasteiger partial charge in [0.1, 0.15) is 5.75 Å². The fourth-order valence-corrected chi connectivity index (χ4v) is 2.21. The van der Waals surface area contributed by atoms with Crippen LogP contribution >= 0.6 is 11.6 Å². The number of rotatable bonds is 8. The van der Waals surface area contributed by atoms with E-state index in [4.69, 9.17) is 16.3 Å². The number of ether oxygens (including phenoxy) is 1. The molecule has 0 amide bonds. The molecule has 0 radical (unpaired) electrons. The molecule has 0 saturated carbocycles. The largest absolute Gasteiger partial charge is 0.494 e. The van der Waals surface area contributed by atoms with Gasteiger partial charge in [-0.1, -0.05) is 42.8 Å². The van der Waals surface area contributed by atoms with Gasteiger partial charge in [0.25, 0.3) is 0 Å². The van der Waals surface area contributed by atoms with E-state index in [-0.39, 0.29) is 0 Å². The van der Waals surface area contributed by atoms with Crippen LogP contribution in [0.3, 0.4) is 0 Å². The minimum absolute atomic E-state index is 0.771. The van der Waals surface area contributed by atoms with E-state index < -0.39 is 0 Å². The smallest absolute Gasteiger partial charge is 0.119 e. The zero-order chi connectivity index (χ0) is 14.9. The lowest BCUT2D eigenvalue weighted by molar-refractivity contribution is 0.317. The van der Waals surface area contributed by atoms with Crippen molar-refractivity contribution in [1.29, 1.82) is 0 Å². The van der Waals surface area contributed by atoms with Crippen LogP contribution in [0.1, 0.15) is 24.5 Å². The normalized spacial score (nSPS) is 10.6. The molecule has 2 nitrogen and oxygen atoms in total. The van der Waals surface area contributed by atoms with Gasteiger partial charge in [0.2, 0.25) is 0 Å². The summed E-state index contributed by atoms with van der Waals surface area (Å²) in [4.78, 5) is 0. The number of benzene rings is 2. The van der Waals surface area contributed by atoms with Crippen molar-refractivity contribution in [3.8, 4) is 5.75 Å². The van der Waals surface area contributed by atoms with Crippen molar-refractivity contribution in [1.82, 2.24) is 5.32 Å². The van der Waals surface area contributed by atoms with Gasteiger partial charge in [-0.05, 0) is 54.8 Å². The zero-order valence-corrected chi connectivity index (χ0v) is 13.2. The molecular formula is C18H22ClNO. The summed E-state index contributed by atoms with van der Waals surface area (Å²) in [6, 6.07) is 16.3. The predicted octanol–water partition coefficient (Wildman–Crippen LogP) is 4.46. The number of hydrogen-bond donors (Lipinski definition) is 1. The van der Waals surface area contributed by atoms with Crippen molar-refractivity contribution >= 4 is 11.6 Å². The van der Waals surface area contributed by atoms with Crippen molar-refractivity contribution < 1.29 is 4.74 Å². The molecule has 2 rings (SSSR count). The van der Waals surface area contributed by atoms with E-state index in [0.717, 1.165) is 43.3 Å². The fourth-order valence-electron chi connectivity index (χ4n) is 2.08. The topological polar surface area (TPSA) is 21.3 Å². The molecule has 0 bridgehead atoms. The molecular weight excluding hydrogens is 282 g/mol. The van der Waals surface area contributed by atoms with Crippen LogP contribution < -0.4 is 10.1 Å². The maximum atomic E-state index is 5.88. The van der Waals surface area contributed by atoms with Crippen LogP contribution in [-0.4, -0.2) is 13.2 Å². The van der Waals surface area contributed by atoms with E-state index in [1.165, 1.54) is 11.1 Å². The summed E-state index contributed by atoms with van der Waals surface area (Å²) in [6.07, 6.45) is 2.03. The van der Waals surface area contributed by atoms with Crippen LogP contribution in [0.15, 0.2) is 48.5 Å². The first kappa shape index (κ1) is 15.9. The van der Waals surface area contributed by atoms with Gasteiger partial charge in [-0.2, -0.15) is 0 Å². The van der Waals surface area contributed by atoms with Gasteiger partial charge in [-0.3, -0.25) is 0 Å². The molecule has 0 fully saturated rings. The van der Waals surface area contributed by atoms with Gasteiger partial charge in [-0.15, -0.1) is 0 Å². The van der Waals surface area contributed by atoms with E-state index in [1.54, 1.807) is 0 Å². The van der Waals surface area contributed by atoms with Crippen LogP contribution in [0.4, 0.5) is 0 Å². The summed E-state index contributed by atoms with van der Waals surface area (Å²) >= 11 is 5.88. The molecule has 112 valence electrons. The number of nitrogens with one attached hydrogen (secondary N) is 1. The van der Waals surface area contributed by atoms with E-state index in [0.29, 0.717) is 0 Å². The minimum atomic E-state index is 0.771. The third-order valence-electron chi connectivity index (χ3n) is 3.20. The van der Waals surface area contributed by atoms with Gasteiger partial charge in [0, 0.05) is 11.6 Å². The summed E-state index contributed by atoms with van der Waals surface area (Å²) in [7, 11) is 0. The summed E-state index contributed by atoms with van der Waals surface area (Å²) in [5.41, 5.74) is 2.55. The Morgan fingerprint density at radius 3 is 2.62 bits per heavy atom. The first-order valence-electron chi connectivity index (χ1n) is 7.45. The highest BCUT2D eigenvalue weighted by atomic mass is 35.5. The second-order valence-electron chi connectivity index (χ2n) is 5.05. The summed E-state index contributed by atoms with van der Waals surface area (Å²) in [6.45, 7) is 4.69. The van der Waals surface area contributed by atoms with E-state index >= 15 is 0 Å². The van der Waals surface area contributed by atoms with Crippen LogP contribution in [-0.2, 0) is 13.0 Å². The fraction of sp³-hybridized carbons (Fsp3) is 0.333. The molecule has 0 atom stereocenters. The SMILES string of the molecule is CCCOc1cccc(CNCCc2ccc(Cl)cc2)c1. The van der Waals surface area contributed by atoms with Crippen molar-refractivity contribution in [3.05, 3.63) is 64.7 Å². The van der Waals surface area contributed by atoms with Crippen molar-refractivity contribution in [3.63, 3.8) is 0 Å². The Balaban J connectivity index is 1.74. The standard InChI is InChI=1S/C18H22ClNO/c1-2-12-21-18-5-3-4-16(13-18)14-20-11-10-15-6-8-17(19)9-7-15/h3-9,13,20H,2,10-12,14H2,1H3. The van der Waals surface area contributed by atoms with Gasteiger partial charge < -0.3 is 10.1 Å². The van der Waals surface area contributed by atoms with E-state index in [9.17, 15) is 0 Å². The Kier molecular flexibility index (Phi) is 6.58. The third-order valence-corrected chi connectivity index (χ3v) is 3.46. The molecule has 1 N–H and O–H groups in total. The lowest BCUT2D eigenvalue weighted by Gasteiger charge is -2.08. The van der Waals surface area contributed by atoms with Crippen LogP contribution in [0.25, 0.3) is 0 Å². The van der Waals surface area contributed by atoms with Crippen molar-refractivity contribution in [2.24, 2.45) is 0 Å². The Morgan fingerprint density at radius 2 is 1.86 bits per heavy atom. The van der Waals surface area contributed by atoms with E-state index in [2.05, 4.69) is 36.5 Å². The van der Waals surface area contributed by atoms with E-state index in [1.807, 2.05) is 24.3 Å². The monoisotopic (exact) mass is 303 g/mol. The highest BCUT2D eigenvalue weighted by molar-refractivity contribution is 6.30. The van der Waals surface area contributed by atoms with Gasteiger partial charge in [-0.25, -0.2) is 0 Å². The second kappa shape index (κ2) is 8.71. The molecule has 0 saturated heterocycles. The molecule has 0 aliphatic heterocycles. The lowest BCUT2D eigenvalue weighted by atomic mass is 10.1. The molecule has 0 unspecified atom stereocenters. The molecule has 0 heterocycles. The second-order valence-corrected chi connectivity index (χ2v) is 5.49. The van der Waals surface area contributed by atoms with Gasteiger partial charge in [0.15, 0.2) is 0 Å². The molecule has 0 spiro atoms. The van der Waals surface area contributed by atoms with Crippen LogP contribution in [0, 0.1) is 0 Å². The maximum Gasteiger partial charge on any atom is 0.119 e. The zero-order valence-electron chi connectivity index (χ0n) is 12.4. The Hall–Kier alpha value is -1.51. The first-order chi connectivity index (χ1) is 10.3. The lowest BCUT2D eigenvalue weighted by Crippen LogP contribution is -2.16. The predicted molar refractivity (Wildman–Crippen MR) is 89.1 cm³/mol. The first-order valence-corrected chi connectivity index (χ1v) is 7.82. The molecule has 2 aromatic rings. The summed E-state index contributed by atoms with van der Waals surface area (Å²) in [5.74, 6) is 0.953. The highest BCUT2D eigenvalue weighted by Gasteiger charge is 1.98. The minimum Gasteiger partial charge on any atom is -0.494 e. The molecule has 0 aromatic heterocycles. The van der Waals surface area contributed by atoms with Crippen LogP contribution in [0.5, 0.6) is 5.75 Å². The van der Waals surface area contributed by atoms with Gasteiger partial charge >= 0.3 is 0 Å². The maximum absolute atomic E-state index is 5.88.